The Morgan fingerprint density at radius 1 is 1.36 bits per heavy atom. The first-order valence-corrected chi connectivity index (χ1v) is 4.75. The van der Waals surface area contributed by atoms with E-state index in [0.717, 1.165) is 11.8 Å². The van der Waals surface area contributed by atoms with Gasteiger partial charge in [0.05, 0.1) is 11.3 Å². The normalized spacial score (nSPS) is 11.7. The van der Waals surface area contributed by atoms with Crippen molar-refractivity contribution in [1.29, 1.82) is 0 Å². The second-order valence-electron chi connectivity index (χ2n) is 2.50. The third-order valence-corrected chi connectivity index (χ3v) is 2.46. The maximum atomic E-state index is 12.4. The van der Waals surface area contributed by atoms with Gasteiger partial charge in [-0.25, -0.2) is 4.98 Å². The molecule has 1 aromatic heterocycles. The molecule has 4 N–H and O–H groups in total. The predicted molar refractivity (Wildman–Crippen MR) is 49.8 cm³/mol. The van der Waals surface area contributed by atoms with Crippen LogP contribution < -0.4 is 11.5 Å². The van der Waals surface area contributed by atoms with Crippen LogP contribution in [0, 0.1) is 0 Å². The van der Waals surface area contributed by atoms with Crippen LogP contribution in [0.1, 0.15) is 5.56 Å². The minimum absolute atomic E-state index is 0.0787. The lowest BCUT2D eigenvalue weighted by Gasteiger charge is -2.13. The molecule has 0 amide bonds. The van der Waals surface area contributed by atoms with Crippen molar-refractivity contribution in [2.24, 2.45) is 0 Å². The highest BCUT2D eigenvalue weighted by atomic mass is 32.2. The number of nitrogens with zero attached hydrogens (tertiary/aromatic N) is 1. The summed E-state index contributed by atoms with van der Waals surface area (Å²) in [7, 11) is 0. The van der Waals surface area contributed by atoms with Crippen molar-refractivity contribution >= 4 is 23.3 Å². The number of nitrogens with two attached hydrogens (primary N) is 2. The molecule has 0 fully saturated rings. The van der Waals surface area contributed by atoms with Gasteiger partial charge in [0, 0.05) is 11.1 Å². The predicted octanol–water partition coefficient (Wildman–Crippen LogP) is 1.99. The molecule has 0 aliphatic carbocycles. The molecule has 7 heteroatoms. The summed E-state index contributed by atoms with van der Waals surface area (Å²) in [5.41, 5.74) is 9.71. The van der Waals surface area contributed by atoms with Gasteiger partial charge < -0.3 is 11.5 Å². The van der Waals surface area contributed by atoms with E-state index < -0.39 is 11.7 Å². The van der Waals surface area contributed by atoms with Gasteiger partial charge in [0.1, 0.15) is 5.82 Å². The molecule has 0 spiro atoms. The molecule has 1 rings (SSSR count). The zero-order valence-electron chi connectivity index (χ0n) is 7.22. The van der Waals surface area contributed by atoms with Crippen LogP contribution in [0.2, 0.25) is 0 Å². The average Bonchev–Trinajstić information content (AvgIpc) is 2.07. The lowest BCUT2D eigenvalue weighted by atomic mass is 10.2. The fraction of sp³-hybridized carbons (Fsp3) is 0.286. The van der Waals surface area contributed by atoms with E-state index in [1.165, 1.54) is 6.26 Å². The molecular formula is C7H8F3N3S. The molecule has 0 unspecified atom stereocenters. The number of hydrogen-bond donors (Lipinski definition) is 2. The molecule has 0 saturated heterocycles. The van der Waals surface area contributed by atoms with Crippen molar-refractivity contribution in [3.63, 3.8) is 0 Å². The molecule has 0 saturated carbocycles. The quantitative estimate of drug-likeness (QED) is 0.714. The van der Waals surface area contributed by atoms with Gasteiger partial charge in [0.15, 0.2) is 0 Å². The summed E-state index contributed by atoms with van der Waals surface area (Å²) < 4.78 is 37.2. The SMILES string of the molecule is CSc1c(C(F)(F)F)cnc(N)c1N. The van der Waals surface area contributed by atoms with E-state index in [4.69, 9.17) is 11.5 Å². The van der Waals surface area contributed by atoms with Crippen LogP contribution in [0.25, 0.3) is 0 Å². The van der Waals surface area contributed by atoms with Gasteiger partial charge in [-0.05, 0) is 6.26 Å². The lowest BCUT2D eigenvalue weighted by molar-refractivity contribution is -0.139. The van der Waals surface area contributed by atoms with E-state index in [1.54, 1.807) is 0 Å². The van der Waals surface area contributed by atoms with Crippen LogP contribution in [0.4, 0.5) is 24.7 Å². The number of alkyl halides is 3. The standard InChI is InChI=1S/C7H8F3N3S/c1-14-5-3(7(8,9)10)2-13-6(12)4(5)11/h2H,11H2,1H3,(H2,12,13). The molecule has 0 radical (unpaired) electrons. The van der Waals surface area contributed by atoms with Crippen LogP contribution in [-0.4, -0.2) is 11.2 Å². The highest BCUT2D eigenvalue weighted by molar-refractivity contribution is 7.98. The van der Waals surface area contributed by atoms with E-state index >= 15 is 0 Å². The summed E-state index contributed by atoms with van der Waals surface area (Å²) in [6.45, 7) is 0. The van der Waals surface area contributed by atoms with Crippen LogP contribution in [0.3, 0.4) is 0 Å². The van der Waals surface area contributed by atoms with Gasteiger partial charge in [0.25, 0.3) is 0 Å². The van der Waals surface area contributed by atoms with E-state index in [1.807, 2.05) is 0 Å². The van der Waals surface area contributed by atoms with Gasteiger partial charge in [-0.3, -0.25) is 0 Å². The lowest BCUT2D eigenvalue weighted by Crippen LogP contribution is -2.11. The summed E-state index contributed by atoms with van der Waals surface area (Å²) in [4.78, 5) is 3.29. The first-order valence-electron chi connectivity index (χ1n) is 3.53. The van der Waals surface area contributed by atoms with Gasteiger partial charge in [0.2, 0.25) is 0 Å². The van der Waals surface area contributed by atoms with E-state index in [2.05, 4.69) is 4.98 Å². The fourth-order valence-corrected chi connectivity index (χ4v) is 1.66. The third-order valence-electron chi connectivity index (χ3n) is 1.61. The highest BCUT2D eigenvalue weighted by Gasteiger charge is 2.35. The molecule has 14 heavy (non-hydrogen) atoms. The smallest absolute Gasteiger partial charge is 0.395 e. The Hall–Kier alpha value is -1.11. The first-order chi connectivity index (χ1) is 6.38. The van der Waals surface area contributed by atoms with Crippen molar-refractivity contribution in [3.05, 3.63) is 11.8 Å². The monoisotopic (exact) mass is 223 g/mol. The highest BCUT2D eigenvalue weighted by Crippen LogP contribution is 2.39. The Kier molecular flexibility index (Phi) is 2.79. The Labute approximate surface area is 82.7 Å². The van der Waals surface area contributed by atoms with Crippen LogP contribution >= 0.6 is 11.8 Å². The van der Waals surface area contributed by atoms with E-state index in [0.29, 0.717) is 6.20 Å². The molecule has 0 bridgehead atoms. The number of halogens is 3. The number of pyridine rings is 1. The van der Waals surface area contributed by atoms with Crippen molar-refractivity contribution < 1.29 is 13.2 Å². The minimum atomic E-state index is -4.45. The molecule has 78 valence electrons. The number of aromatic nitrogens is 1. The molecule has 0 aliphatic rings. The summed E-state index contributed by atoms with van der Waals surface area (Å²) in [5, 5.41) is 0. The Bertz CT molecular complexity index is 351. The molecule has 0 aromatic carbocycles. The summed E-state index contributed by atoms with van der Waals surface area (Å²) in [6, 6.07) is 0. The minimum Gasteiger partial charge on any atom is -0.395 e. The Morgan fingerprint density at radius 3 is 2.36 bits per heavy atom. The molecule has 1 aromatic rings. The Balaban J connectivity index is 3.39. The second-order valence-corrected chi connectivity index (χ2v) is 3.32. The number of rotatable bonds is 1. The largest absolute Gasteiger partial charge is 0.419 e. The van der Waals surface area contributed by atoms with E-state index in [-0.39, 0.29) is 16.4 Å². The molecular weight excluding hydrogens is 215 g/mol. The van der Waals surface area contributed by atoms with Crippen LogP contribution in [0.5, 0.6) is 0 Å². The summed E-state index contributed by atoms with van der Waals surface area (Å²) >= 11 is 0.898. The average molecular weight is 223 g/mol. The molecule has 3 nitrogen and oxygen atoms in total. The molecule has 1 heterocycles. The number of anilines is 2. The number of thioether (sulfide) groups is 1. The van der Waals surface area contributed by atoms with Crippen molar-refractivity contribution in [1.82, 2.24) is 4.98 Å². The maximum Gasteiger partial charge on any atom is 0.419 e. The van der Waals surface area contributed by atoms with E-state index in [9.17, 15) is 13.2 Å². The Morgan fingerprint density at radius 2 is 1.93 bits per heavy atom. The zero-order chi connectivity index (χ0) is 10.9. The summed E-state index contributed by atoms with van der Waals surface area (Å²) in [5.74, 6) is -0.0812. The van der Waals surface area contributed by atoms with Crippen molar-refractivity contribution in [2.75, 3.05) is 17.7 Å². The number of nitrogen functional groups attached to an aromatic ring is 2. The van der Waals surface area contributed by atoms with Gasteiger partial charge in [-0.2, -0.15) is 13.2 Å². The second kappa shape index (κ2) is 3.56. The van der Waals surface area contributed by atoms with Gasteiger partial charge in [-0.15, -0.1) is 11.8 Å². The maximum absolute atomic E-state index is 12.4. The third kappa shape index (κ3) is 1.87. The van der Waals surface area contributed by atoms with Crippen molar-refractivity contribution in [2.45, 2.75) is 11.1 Å². The van der Waals surface area contributed by atoms with Gasteiger partial charge >= 0.3 is 6.18 Å². The van der Waals surface area contributed by atoms with Gasteiger partial charge in [-0.1, -0.05) is 0 Å². The molecule has 0 atom stereocenters. The fourth-order valence-electron chi connectivity index (χ4n) is 0.946. The summed E-state index contributed by atoms with van der Waals surface area (Å²) in [6.07, 6.45) is -2.26. The van der Waals surface area contributed by atoms with Crippen LogP contribution in [0.15, 0.2) is 11.1 Å². The first kappa shape index (κ1) is 11.0. The number of hydrogen-bond acceptors (Lipinski definition) is 4. The molecule has 0 aliphatic heterocycles. The zero-order valence-corrected chi connectivity index (χ0v) is 8.04. The topological polar surface area (TPSA) is 64.9 Å². The van der Waals surface area contributed by atoms with Crippen molar-refractivity contribution in [3.8, 4) is 0 Å². The van der Waals surface area contributed by atoms with Crippen LogP contribution in [-0.2, 0) is 6.18 Å².